The highest BCUT2D eigenvalue weighted by molar-refractivity contribution is 9.11. The third kappa shape index (κ3) is 4.07. The molecule has 0 aromatic carbocycles. The van der Waals surface area contributed by atoms with Crippen molar-refractivity contribution in [2.45, 2.75) is 52.0 Å². The zero-order valence-corrected chi connectivity index (χ0v) is 13.8. The largest absolute Gasteiger partial charge is 0.309 e. The molecule has 3 heteroatoms. The lowest BCUT2D eigenvalue weighted by Crippen LogP contribution is -2.28. The fraction of sp³-hybridized carbons (Fsp3) is 0.733. The first-order valence-electron chi connectivity index (χ1n) is 7.17. The molecule has 1 fully saturated rings. The van der Waals surface area contributed by atoms with E-state index in [0.717, 1.165) is 11.8 Å². The van der Waals surface area contributed by atoms with Crippen LogP contribution in [0.2, 0.25) is 0 Å². The minimum Gasteiger partial charge on any atom is -0.309 e. The van der Waals surface area contributed by atoms with Crippen LogP contribution in [-0.4, -0.2) is 6.54 Å². The maximum absolute atomic E-state index is 3.70. The smallest absolute Gasteiger partial charge is 0.0701 e. The van der Waals surface area contributed by atoms with Crippen LogP contribution in [0, 0.1) is 11.8 Å². The summed E-state index contributed by atoms with van der Waals surface area (Å²) in [6, 6.07) is 4.86. The van der Waals surface area contributed by atoms with Gasteiger partial charge in [0.1, 0.15) is 0 Å². The summed E-state index contributed by atoms with van der Waals surface area (Å²) in [6.45, 7) is 5.79. The lowest BCUT2D eigenvalue weighted by molar-refractivity contribution is 0.258. The molecule has 18 heavy (non-hydrogen) atoms. The van der Waals surface area contributed by atoms with Gasteiger partial charge in [-0.1, -0.05) is 26.2 Å². The number of hydrogen-bond donors (Lipinski definition) is 1. The molecule has 0 amide bonds. The van der Waals surface area contributed by atoms with Crippen molar-refractivity contribution in [1.29, 1.82) is 0 Å². The van der Waals surface area contributed by atoms with E-state index in [9.17, 15) is 0 Å². The monoisotopic (exact) mass is 329 g/mol. The Kier molecular flexibility index (Phi) is 5.71. The molecule has 102 valence electrons. The van der Waals surface area contributed by atoms with Crippen LogP contribution >= 0.6 is 27.3 Å². The fourth-order valence-corrected chi connectivity index (χ4v) is 4.30. The Bertz CT molecular complexity index is 355. The Morgan fingerprint density at radius 3 is 2.50 bits per heavy atom. The lowest BCUT2D eigenvalue weighted by Gasteiger charge is -2.28. The summed E-state index contributed by atoms with van der Waals surface area (Å²) in [5.41, 5.74) is 0. The zero-order valence-electron chi connectivity index (χ0n) is 11.4. The predicted molar refractivity (Wildman–Crippen MR) is 84.2 cm³/mol. The minimum atomic E-state index is 0.491. The number of rotatable bonds is 5. The summed E-state index contributed by atoms with van der Waals surface area (Å²) < 4.78 is 1.23. The quantitative estimate of drug-likeness (QED) is 0.764. The molecule has 0 radical (unpaired) electrons. The van der Waals surface area contributed by atoms with Crippen molar-refractivity contribution in [2.24, 2.45) is 11.8 Å². The molecule has 1 nitrogen and oxygen atoms in total. The van der Waals surface area contributed by atoms with E-state index in [0.29, 0.717) is 6.04 Å². The van der Waals surface area contributed by atoms with E-state index in [1.165, 1.54) is 47.3 Å². The van der Waals surface area contributed by atoms with Gasteiger partial charge >= 0.3 is 0 Å². The van der Waals surface area contributed by atoms with E-state index in [4.69, 9.17) is 0 Å². The van der Waals surface area contributed by atoms with Gasteiger partial charge in [-0.2, -0.15) is 0 Å². The molecule has 0 bridgehead atoms. The first-order valence-corrected chi connectivity index (χ1v) is 8.78. The van der Waals surface area contributed by atoms with Gasteiger partial charge in [0.15, 0.2) is 0 Å². The third-order valence-electron chi connectivity index (χ3n) is 4.28. The number of halogens is 1. The van der Waals surface area contributed by atoms with Crippen molar-refractivity contribution in [3.05, 3.63) is 20.8 Å². The molecule has 1 aliphatic rings. The van der Waals surface area contributed by atoms with Crippen LogP contribution in [0.5, 0.6) is 0 Å². The molecule has 0 saturated heterocycles. The number of hydrogen-bond acceptors (Lipinski definition) is 2. The Morgan fingerprint density at radius 2 is 1.94 bits per heavy atom. The van der Waals surface area contributed by atoms with Crippen molar-refractivity contribution >= 4 is 27.3 Å². The maximum atomic E-state index is 3.70. The van der Waals surface area contributed by atoms with Gasteiger partial charge in [0.2, 0.25) is 0 Å². The maximum Gasteiger partial charge on any atom is 0.0701 e. The molecule has 1 aliphatic carbocycles. The fourth-order valence-electron chi connectivity index (χ4n) is 2.85. The van der Waals surface area contributed by atoms with Crippen LogP contribution in [0.4, 0.5) is 0 Å². The number of thiophene rings is 1. The molecule has 1 heterocycles. The predicted octanol–water partition coefficient (Wildman–Crippen LogP) is 5.38. The van der Waals surface area contributed by atoms with Crippen LogP contribution < -0.4 is 5.32 Å². The average Bonchev–Trinajstić information content (AvgIpc) is 2.83. The molecular weight excluding hydrogens is 306 g/mol. The van der Waals surface area contributed by atoms with Crippen LogP contribution in [0.3, 0.4) is 0 Å². The third-order valence-corrected chi connectivity index (χ3v) is 6.08. The van der Waals surface area contributed by atoms with Crippen molar-refractivity contribution in [1.82, 2.24) is 5.32 Å². The second-order valence-corrected chi connectivity index (χ2v) is 8.06. The van der Waals surface area contributed by atoms with Gasteiger partial charge in [-0.25, -0.2) is 0 Å². The van der Waals surface area contributed by atoms with Crippen LogP contribution in [0.15, 0.2) is 15.9 Å². The first kappa shape index (κ1) is 14.5. The average molecular weight is 330 g/mol. The topological polar surface area (TPSA) is 12.0 Å². The molecule has 1 atom stereocenters. The zero-order chi connectivity index (χ0) is 13.0. The van der Waals surface area contributed by atoms with Crippen molar-refractivity contribution in [2.75, 3.05) is 6.54 Å². The van der Waals surface area contributed by atoms with E-state index < -0.39 is 0 Å². The second-order valence-electron chi connectivity index (χ2n) is 5.57. The highest BCUT2D eigenvalue weighted by atomic mass is 79.9. The lowest BCUT2D eigenvalue weighted by atomic mass is 9.81. The molecule has 1 aromatic rings. The summed E-state index contributed by atoms with van der Waals surface area (Å²) in [5.74, 6) is 1.91. The van der Waals surface area contributed by atoms with Crippen molar-refractivity contribution < 1.29 is 0 Å². The van der Waals surface area contributed by atoms with Crippen LogP contribution in [0.25, 0.3) is 0 Å². The SMILES string of the molecule is CCC1CCC(CNC(C)c2ccc(Br)s2)CC1. The summed E-state index contributed by atoms with van der Waals surface area (Å²) in [5, 5.41) is 3.70. The molecule has 1 N–H and O–H groups in total. The van der Waals surface area contributed by atoms with Gasteiger partial charge in [-0.15, -0.1) is 11.3 Å². The molecular formula is C15H24BrNS. The van der Waals surface area contributed by atoms with E-state index in [2.05, 4.69) is 47.2 Å². The summed E-state index contributed by atoms with van der Waals surface area (Å²) in [7, 11) is 0. The Morgan fingerprint density at radius 1 is 1.28 bits per heavy atom. The van der Waals surface area contributed by atoms with Gasteiger partial charge in [0, 0.05) is 10.9 Å². The van der Waals surface area contributed by atoms with Gasteiger partial charge in [-0.05, 0) is 66.2 Å². The van der Waals surface area contributed by atoms with E-state index in [1.54, 1.807) is 0 Å². The van der Waals surface area contributed by atoms with Crippen LogP contribution in [-0.2, 0) is 0 Å². The molecule has 0 aliphatic heterocycles. The molecule has 1 saturated carbocycles. The normalized spacial score (nSPS) is 26.2. The molecule has 1 unspecified atom stereocenters. The highest BCUT2D eigenvalue weighted by Gasteiger charge is 2.20. The standard InChI is InChI=1S/C15H24BrNS/c1-3-12-4-6-13(7-5-12)10-17-11(2)14-8-9-15(16)18-14/h8-9,11-13,17H,3-7,10H2,1-2H3. The second kappa shape index (κ2) is 7.06. The summed E-state index contributed by atoms with van der Waals surface area (Å²) in [6.07, 6.45) is 7.11. The molecule has 0 spiro atoms. The summed E-state index contributed by atoms with van der Waals surface area (Å²) in [4.78, 5) is 1.43. The van der Waals surface area contributed by atoms with Gasteiger partial charge < -0.3 is 5.32 Å². The van der Waals surface area contributed by atoms with E-state index >= 15 is 0 Å². The van der Waals surface area contributed by atoms with Crippen molar-refractivity contribution in [3.8, 4) is 0 Å². The summed E-state index contributed by atoms with van der Waals surface area (Å²) >= 11 is 5.37. The molecule has 2 rings (SSSR count). The Hall–Kier alpha value is 0.140. The highest BCUT2D eigenvalue weighted by Crippen LogP contribution is 2.31. The first-order chi connectivity index (χ1) is 8.69. The Balaban J connectivity index is 1.72. The van der Waals surface area contributed by atoms with E-state index in [-0.39, 0.29) is 0 Å². The van der Waals surface area contributed by atoms with Crippen molar-refractivity contribution in [3.63, 3.8) is 0 Å². The van der Waals surface area contributed by atoms with Gasteiger partial charge in [-0.3, -0.25) is 0 Å². The molecule has 1 aromatic heterocycles. The van der Waals surface area contributed by atoms with Crippen LogP contribution in [0.1, 0.15) is 56.9 Å². The minimum absolute atomic E-state index is 0.491. The Labute approximate surface area is 123 Å². The van der Waals surface area contributed by atoms with Gasteiger partial charge in [0.05, 0.1) is 3.79 Å². The van der Waals surface area contributed by atoms with E-state index in [1.807, 2.05) is 11.3 Å². The van der Waals surface area contributed by atoms with Gasteiger partial charge in [0.25, 0.3) is 0 Å². The number of nitrogens with one attached hydrogen (secondary N) is 1.